The Labute approximate surface area is 152 Å². The number of esters is 1. The molecule has 0 aliphatic rings. The maximum atomic E-state index is 12.2. The van der Waals surface area contributed by atoms with Gasteiger partial charge in [0.15, 0.2) is 9.84 Å². The van der Waals surface area contributed by atoms with Crippen LogP contribution in [-0.4, -0.2) is 48.1 Å². The number of hydrogen-bond acceptors (Lipinski definition) is 7. The van der Waals surface area contributed by atoms with Gasteiger partial charge in [-0.25, -0.2) is 18.0 Å². The lowest BCUT2D eigenvalue weighted by molar-refractivity contribution is -0.169. The topological polar surface area (TPSA) is 141 Å². The number of Topliss-reactive ketones (excluding diaryl/α,β-unsaturated/α-hetero) is 1. The average molecular weight is 385 g/mol. The molecule has 0 saturated carbocycles. The first kappa shape index (κ1) is 21.8. The first-order chi connectivity index (χ1) is 11.7. The fraction of sp³-hybridized carbons (Fsp3) is 0.471. The summed E-state index contributed by atoms with van der Waals surface area (Å²) in [4.78, 5) is 34.7. The van der Waals surface area contributed by atoms with Crippen LogP contribution in [0.25, 0.3) is 0 Å². The van der Waals surface area contributed by atoms with E-state index in [0.717, 1.165) is 0 Å². The molecule has 0 radical (unpaired) electrons. The van der Waals surface area contributed by atoms with Crippen molar-refractivity contribution in [3.8, 4) is 0 Å². The van der Waals surface area contributed by atoms with Crippen molar-refractivity contribution in [3.05, 3.63) is 29.8 Å². The van der Waals surface area contributed by atoms with Crippen LogP contribution in [0.2, 0.25) is 0 Å². The van der Waals surface area contributed by atoms with Crippen molar-refractivity contribution >= 4 is 27.6 Å². The first-order valence-corrected chi connectivity index (χ1v) is 9.39. The smallest absolute Gasteiger partial charge is 0.338 e. The number of ketones is 1. The second-order valence-corrected chi connectivity index (χ2v) is 9.05. The molecular weight excluding hydrogens is 362 g/mol. The van der Waals surface area contributed by atoms with Crippen LogP contribution < -0.4 is 5.73 Å². The third-order valence-electron chi connectivity index (χ3n) is 3.30. The Kier molecular flexibility index (Phi) is 6.32. The zero-order chi connectivity index (χ0) is 20.3. The summed E-state index contributed by atoms with van der Waals surface area (Å²) in [7, 11) is -3.77. The van der Waals surface area contributed by atoms with Crippen molar-refractivity contribution in [1.82, 2.24) is 0 Å². The molecule has 0 fully saturated rings. The van der Waals surface area contributed by atoms with Crippen molar-refractivity contribution in [1.29, 1.82) is 0 Å². The molecule has 3 N–H and O–H groups in total. The third-order valence-corrected chi connectivity index (χ3v) is 5.08. The number of benzene rings is 1. The lowest BCUT2D eigenvalue weighted by Gasteiger charge is -2.28. The van der Waals surface area contributed by atoms with Crippen molar-refractivity contribution in [3.63, 3.8) is 0 Å². The summed E-state index contributed by atoms with van der Waals surface area (Å²) in [6.07, 6.45) is -0.385. The number of aliphatic carboxylic acids is 1. The summed E-state index contributed by atoms with van der Waals surface area (Å²) in [6.45, 7) is 5.92. The van der Waals surface area contributed by atoms with Crippen LogP contribution in [0.3, 0.4) is 0 Å². The number of carboxylic acid groups (broad SMARTS) is 1. The van der Waals surface area contributed by atoms with E-state index >= 15 is 0 Å². The SMILES string of the molecule is CC(=O)CS(=O)(=O)c1ccc(CC(N)(C(=O)O)C(=O)OC(C)(C)C)cc1. The van der Waals surface area contributed by atoms with E-state index in [0.29, 0.717) is 5.56 Å². The molecule has 1 unspecified atom stereocenters. The highest BCUT2D eigenvalue weighted by Crippen LogP contribution is 2.20. The van der Waals surface area contributed by atoms with Gasteiger partial charge in [0.1, 0.15) is 17.1 Å². The number of ether oxygens (including phenoxy) is 1. The zero-order valence-corrected chi connectivity index (χ0v) is 15.9. The Hall–Kier alpha value is -2.26. The molecule has 0 aliphatic carbocycles. The Morgan fingerprint density at radius 3 is 2.00 bits per heavy atom. The standard InChI is InChI=1S/C17H23NO7S/c1-11(19)10-26(23,24)13-7-5-12(6-8-13)9-17(18,14(20)21)15(22)25-16(2,3)4/h5-8H,9-10,18H2,1-4H3,(H,20,21). The molecule has 144 valence electrons. The molecule has 0 spiro atoms. The molecule has 1 rings (SSSR count). The molecule has 9 heteroatoms. The van der Waals surface area contributed by atoms with Gasteiger partial charge in [0.05, 0.1) is 4.90 Å². The molecule has 0 saturated heterocycles. The van der Waals surface area contributed by atoms with Gasteiger partial charge in [-0.05, 0) is 45.4 Å². The normalized spacial score (nSPS) is 14.3. The second kappa shape index (κ2) is 7.55. The van der Waals surface area contributed by atoms with Crippen molar-refractivity contribution in [2.24, 2.45) is 5.73 Å². The van der Waals surface area contributed by atoms with Gasteiger partial charge in [-0.15, -0.1) is 0 Å². The van der Waals surface area contributed by atoms with Gasteiger partial charge in [0.2, 0.25) is 5.54 Å². The minimum absolute atomic E-state index is 0.0772. The quantitative estimate of drug-likeness (QED) is 0.516. The van der Waals surface area contributed by atoms with Crippen LogP contribution in [0.4, 0.5) is 0 Å². The summed E-state index contributed by atoms with van der Waals surface area (Å²) >= 11 is 0. The van der Waals surface area contributed by atoms with E-state index in [4.69, 9.17) is 10.5 Å². The zero-order valence-electron chi connectivity index (χ0n) is 15.1. The average Bonchev–Trinajstić information content (AvgIpc) is 2.44. The minimum atomic E-state index is -3.77. The minimum Gasteiger partial charge on any atom is -0.479 e. The Morgan fingerprint density at radius 1 is 1.12 bits per heavy atom. The van der Waals surface area contributed by atoms with Crippen molar-refractivity contribution in [2.45, 2.75) is 50.2 Å². The molecule has 0 bridgehead atoms. The van der Waals surface area contributed by atoms with E-state index in [-0.39, 0.29) is 11.3 Å². The monoisotopic (exact) mass is 385 g/mol. The van der Waals surface area contributed by atoms with Crippen LogP contribution in [-0.2, 0) is 35.4 Å². The van der Waals surface area contributed by atoms with Crippen molar-refractivity contribution < 1.29 is 32.6 Å². The third kappa shape index (κ3) is 5.63. The van der Waals surface area contributed by atoms with Gasteiger partial charge in [-0.1, -0.05) is 12.1 Å². The maximum Gasteiger partial charge on any atom is 0.338 e. The molecular formula is C17H23NO7S. The molecule has 0 amide bonds. The van der Waals surface area contributed by atoms with E-state index in [1.165, 1.54) is 31.2 Å². The lowest BCUT2D eigenvalue weighted by Crippen LogP contribution is -2.58. The van der Waals surface area contributed by atoms with Crippen LogP contribution in [0, 0.1) is 0 Å². The van der Waals surface area contributed by atoms with Gasteiger partial charge < -0.3 is 15.6 Å². The number of carbonyl (C=O) groups excluding carboxylic acids is 2. The number of sulfone groups is 1. The predicted molar refractivity (Wildman–Crippen MR) is 93.3 cm³/mol. The highest BCUT2D eigenvalue weighted by molar-refractivity contribution is 7.92. The van der Waals surface area contributed by atoms with E-state index in [1.807, 2.05) is 0 Å². The fourth-order valence-electron chi connectivity index (χ4n) is 2.09. The number of carbonyl (C=O) groups is 3. The largest absolute Gasteiger partial charge is 0.479 e. The fourth-order valence-corrected chi connectivity index (χ4v) is 3.34. The lowest BCUT2D eigenvalue weighted by atomic mass is 9.91. The summed E-state index contributed by atoms with van der Waals surface area (Å²) in [5.41, 5.74) is 2.88. The van der Waals surface area contributed by atoms with E-state index < -0.39 is 44.5 Å². The predicted octanol–water partition coefficient (Wildman–Crippen LogP) is 0.716. The molecule has 26 heavy (non-hydrogen) atoms. The van der Waals surface area contributed by atoms with Crippen LogP contribution in [0.5, 0.6) is 0 Å². The van der Waals surface area contributed by atoms with Gasteiger partial charge >= 0.3 is 11.9 Å². The summed E-state index contributed by atoms with van der Waals surface area (Å²) in [5.74, 6) is -3.77. The van der Waals surface area contributed by atoms with Gasteiger partial charge in [-0.3, -0.25) is 4.79 Å². The van der Waals surface area contributed by atoms with Gasteiger partial charge in [-0.2, -0.15) is 0 Å². The van der Waals surface area contributed by atoms with Gasteiger partial charge in [0.25, 0.3) is 0 Å². The van der Waals surface area contributed by atoms with E-state index in [2.05, 4.69) is 0 Å². The second-order valence-electron chi connectivity index (χ2n) is 7.06. The molecule has 1 atom stereocenters. The number of carboxylic acids is 1. The molecule has 0 heterocycles. The van der Waals surface area contributed by atoms with E-state index in [9.17, 15) is 27.9 Å². The molecule has 1 aromatic carbocycles. The number of hydrogen-bond donors (Lipinski definition) is 2. The van der Waals surface area contributed by atoms with Gasteiger partial charge in [0, 0.05) is 6.42 Å². The Balaban J connectivity index is 3.10. The Bertz CT molecular complexity index is 807. The highest BCUT2D eigenvalue weighted by atomic mass is 32.2. The van der Waals surface area contributed by atoms with Crippen LogP contribution in [0.1, 0.15) is 33.3 Å². The molecule has 0 aliphatic heterocycles. The first-order valence-electron chi connectivity index (χ1n) is 7.74. The highest BCUT2D eigenvalue weighted by Gasteiger charge is 2.45. The Morgan fingerprint density at radius 2 is 1.62 bits per heavy atom. The van der Waals surface area contributed by atoms with Crippen LogP contribution >= 0.6 is 0 Å². The molecule has 8 nitrogen and oxygen atoms in total. The summed E-state index contributed by atoms with van der Waals surface area (Å²) in [5, 5.41) is 9.38. The maximum absolute atomic E-state index is 12.2. The van der Waals surface area contributed by atoms with Crippen LogP contribution in [0.15, 0.2) is 29.2 Å². The summed E-state index contributed by atoms with van der Waals surface area (Å²) in [6, 6.07) is 5.18. The molecule has 1 aromatic rings. The number of rotatable bonds is 7. The number of nitrogens with two attached hydrogens (primary N) is 1. The molecule has 0 aromatic heterocycles. The van der Waals surface area contributed by atoms with Crippen molar-refractivity contribution in [2.75, 3.05) is 5.75 Å². The van der Waals surface area contributed by atoms with E-state index in [1.54, 1.807) is 20.8 Å². The summed E-state index contributed by atoms with van der Waals surface area (Å²) < 4.78 is 29.1.